The second-order valence-electron chi connectivity index (χ2n) is 4.05. The molecular formula is C12H11BrFNO3S. The Morgan fingerprint density at radius 3 is 2.89 bits per heavy atom. The lowest BCUT2D eigenvalue weighted by Crippen LogP contribution is -2.50. The molecule has 1 aromatic rings. The summed E-state index contributed by atoms with van der Waals surface area (Å²) in [7, 11) is 0. The number of carbonyl (C=O) groups is 2. The molecule has 1 aliphatic rings. The van der Waals surface area contributed by atoms with E-state index in [0.717, 1.165) is 0 Å². The van der Waals surface area contributed by atoms with Gasteiger partial charge in [0, 0.05) is 22.5 Å². The standard InChI is InChI=1S/C12H11BrFNO3S/c13-7-1-2-9(14)8(5-7)11(16)15-3-4-19-6-10(15)12(17)18/h1-2,5,10H,3-4,6H2,(H,17,18). The molecule has 1 amide bonds. The smallest absolute Gasteiger partial charge is 0.327 e. The molecule has 0 saturated carbocycles. The molecule has 19 heavy (non-hydrogen) atoms. The highest BCUT2D eigenvalue weighted by atomic mass is 79.9. The Bertz CT molecular complexity index is 526. The van der Waals surface area contributed by atoms with E-state index in [4.69, 9.17) is 5.11 Å². The average molecular weight is 348 g/mol. The summed E-state index contributed by atoms with van der Waals surface area (Å²) in [4.78, 5) is 24.6. The Labute approximate surface area is 122 Å². The van der Waals surface area contributed by atoms with Gasteiger partial charge in [-0.25, -0.2) is 9.18 Å². The van der Waals surface area contributed by atoms with E-state index in [1.54, 1.807) is 0 Å². The second kappa shape index (κ2) is 5.92. The Kier molecular flexibility index (Phi) is 4.46. The molecule has 1 unspecified atom stereocenters. The largest absolute Gasteiger partial charge is 0.480 e. The molecule has 0 aromatic heterocycles. The highest BCUT2D eigenvalue weighted by Crippen LogP contribution is 2.22. The van der Waals surface area contributed by atoms with Gasteiger partial charge in [-0.3, -0.25) is 4.79 Å². The number of amides is 1. The quantitative estimate of drug-likeness (QED) is 0.891. The molecule has 1 heterocycles. The summed E-state index contributed by atoms with van der Waals surface area (Å²) in [6.07, 6.45) is 0. The zero-order valence-corrected chi connectivity index (χ0v) is 12.2. The maximum absolute atomic E-state index is 13.7. The van der Waals surface area contributed by atoms with E-state index in [2.05, 4.69) is 15.9 Å². The maximum Gasteiger partial charge on any atom is 0.327 e. The van der Waals surface area contributed by atoms with Crippen molar-refractivity contribution in [3.05, 3.63) is 34.1 Å². The molecule has 1 atom stereocenters. The molecule has 4 nitrogen and oxygen atoms in total. The zero-order valence-electron chi connectivity index (χ0n) is 9.81. The number of nitrogens with zero attached hydrogens (tertiary/aromatic N) is 1. The summed E-state index contributed by atoms with van der Waals surface area (Å²) >= 11 is 4.65. The van der Waals surface area contributed by atoms with Crippen molar-refractivity contribution in [1.29, 1.82) is 0 Å². The highest BCUT2D eigenvalue weighted by molar-refractivity contribution is 9.10. The molecule has 0 spiro atoms. The van der Waals surface area contributed by atoms with Crippen molar-refractivity contribution in [2.45, 2.75) is 6.04 Å². The number of rotatable bonds is 2. The van der Waals surface area contributed by atoms with Crippen molar-refractivity contribution in [3.8, 4) is 0 Å². The summed E-state index contributed by atoms with van der Waals surface area (Å²) in [6, 6.07) is 3.15. The Balaban J connectivity index is 2.31. The number of carboxylic acids is 1. The third-order valence-corrected chi connectivity index (χ3v) is 4.35. The number of aliphatic carboxylic acids is 1. The summed E-state index contributed by atoms with van der Waals surface area (Å²) in [5.74, 6) is -1.29. The summed E-state index contributed by atoms with van der Waals surface area (Å²) in [5.41, 5.74) is -0.104. The first-order chi connectivity index (χ1) is 9.00. The molecule has 2 rings (SSSR count). The third-order valence-electron chi connectivity index (χ3n) is 2.83. The van der Waals surface area contributed by atoms with Crippen LogP contribution in [-0.4, -0.2) is 46.0 Å². The zero-order chi connectivity index (χ0) is 14.0. The number of carboxylic acid groups (broad SMARTS) is 1. The molecule has 1 saturated heterocycles. The monoisotopic (exact) mass is 347 g/mol. The van der Waals surface area contributed by atoms with Crippen LogP contribution in [0.3, 0.4) is 0 Å². The molecule has 1 aromatic carbocycles. The molecule has 1 N–H and O–H groups in total. The van der Waals surface area contributed by atoms with Crippen LogP contribution in [-0.2, 0) is 4.79 Å². The number of halogens is 2. The van der Waals surface area contributed by atoms with Gasteiger partial charge in [0.05, 0.1) is 5.56 Å². The van der Waals surface area contributed by atoms with E-state index in [0.29, 0.717) is 22.5 Å². The van der Waals surface area contributed by atoms with Gasteiger partial charge < -0.3 is 10.0 Å². The Hall–Kier alpha value is -1.08. The Morgan fingerprint density at radius 2 is 2.21 bits per heavy atom. The van der Waals surface area contributed by atoms with Gasteiger partial charge in [-0.05, 0) is 18.2 Å². The van der Waals surface area contributed by atoms with Crippen LogP contribution in [0.15, 0.2) is 22.7 Å². The van der Waals surface area contributed by atoms with Crippen LogP contribution in [0.5, 0.6) is 0 Å². The lowest BCUT2D eigenvalue weighted by atomic mass is 10.1. The Morgan fingerprint density at radius 1 is 1.47 bits per heavy atom. The number of thioether (sulfide) groups is 1. The first kappa shape index (κ1) is 14.3. The number of hydrogen-bond acceptors (Lipinski definition) is 3. The predicted molar refractivity (Wildman–Crippen MR) is 73.9 cm³/mol. The van der Waals surface area contributed by atoms with Gasteiger partial charge in [-0.15, -0.1) is 0 Å². The normalized spacial score (nSPS) is 19.3. The molecule has 1 aliphatic heterocycles. The van der Waals surface area contributed by atoms with Crippen molar-refractivity contribution in [1.82, 2.24) is 4.90 Å². The minimum Gasteiger partial charge on any atom is -0.480 e. The van der Waals surface area contributed by atoms with E-state index in [9.17, 15) is 14.0 Å². The minimum absolute atomic E-state index is 0.104. The van der Waals surface area contributed by atoms with Gasteiger partial charge >= 0.3 is 5.97 Å². The van der Waals surface area contributed by atoms with Gasteiger partial charge in [-0.1, -0.05) is 15.9 Å². The van der Waals surface area contributed by atoms with Crippen LogP contribution in [0, 0.1) is 5.82 Å². The molecule has 1 fully saturated rings. The number of hydrogen-bond donors (Lipinski definition) is 1. The lowest BCUT2D eigenvalue weighted by Gasteiger charge is -2.32. The van der Waals surface area contributed by atoms with Gasteiger partial charge in [0.1, 0.15) is 11.9 Å². The lowest BCUT2D eigenvalue weighted by molar-refractivity contribution is -0.141. The van der Waals surface area contributed by atoms with E-state index < -0.39 is 23.7 Å². The van der Waals surface area contributed by atoms with E-state index in [-0.39, 0.29) is 5.56 Å². The summed E-state index contributed by atoms with van der Waals surface area (Å²) in [5, 5.41) is 9.12. The summed E-state index contributed by atoms with van der Waals surface area (Å²) < 4.78 is 14.3. The van der Waals surface area contributed by atoms with Crippen LogP contribution < -0.4 is 0 Å². The second-order valence-corrected chi connectivity index (χ2v) is 6.12. The van der Waals surface area contributed by atoms with Crippen molar-refractivity contribution in [2.24, 2.45) is 0 Å². The van der Waals surface area contributed by atoms with Crippen LogP contribution in [0.25, 0.3) is 0 Å². The minimum atomic E-state index is -1.06. The number of benzene rings is 1. The van der Waals surface area contributed by atoms with Crippen molar-refractivity contribution in [2.75, 3.05) is 18.1 Å². The topological polar surface area (TPSA) is 57.6 Å². The number of carbonyl (C=O) groups excluding carboxylic acids is 1. The van der Waals surface area contributed by atoms with Crippen LogP contribution >= 0.6 is 27.7 Å². The van der Waals surface area contributed by atoms with Crippen LogP contribution in [0.1, 0.15) is 10.4 Å². The van der Waals surface area contributed by atoms with E-state index >= 15 is 0 Å². The van der Waals surface area contributed by atoms with Gasteiger partial charge in [0.2, 0.25) is 0 Å². The van der Waals surface area contributed by atoms with Gasteiger partial charge in [0.15, 0.2) is 0 Å². The van der Waals surface area contributed by atoms with E-state index in [1.807, 2.05) is 0 Å². The third kappa shape index (κ3) is 3.09. The molecule has 7 heteroatoms. The first-order valence-corrected chi connectivity index (χ1v) is 7.52. The van der Waals surface area contributed by atoms with Gasteiger partial charge in [0.25, 0.3) is 5.91 Å². The molecule has 0 radical (unpaired) electrons. The van der Waals surface area contributed by atoms with Crippen molar-refractivity contribution in [3.63, 3.8) is 0 Å². The van der Waals surface area contributed by atoms with Crippen LogP contribution in [0.2, 0.25) is 0 Å². The van der Waals surface area contributed by atoms with Crippen molar-refractivity contribution >= 4 is 39.6 Å². The fourth-order valence-corrected chi connectivity index (χ4v) is 3.27. The SMILES string of the molecule is O=C(O)C1CSCCN1C(=O)c1cc(Br)ccc1F. The molecule has 102 valence electrons. The van der Waals surface area contributed by atoms with E-state index in [1.165, 1.54) is 34.9 Å². The maximum atomic E-state index is 13.7. The molecular weight excluding hydrogens is 337 g/mol. The van der Waals surface area contributed by atoms with Crippen molar-refractivity contribution < 1.29 is 19.1 Å². The summed E-state index contributed by atoms with van der Waals surface area (Å²) in [6.45, 7) is 0.312. The average Bonchev–Trinajstić information content (AvgIpc) is 2.40. The molecule has 0 aliphatic carbocycles. The first-order valence-electron chi connectivity index (χ1n) is 5.57. The fourth-order valence-electron chi connectivity index (χ4n) is 1.87. The van der Waals surface area contributed by atoms with Crippen LogP contribution in [0.4, 0.5) is 4.39 Å². The highest BCUT2D eigenvalue weighted by Gasteiger charge is 2.33. The fraction of sp³-hybridized carbons (Fsp3) is 0.333. The van der Waals surface area contributed by atoms with Gasteiger partial charge in [-0.2, -0.15) is 11.8 Å². The predicted octanol–water partition coefficient (Wildman–Crippen LogP) is 2.23. The molecule has 0 bridgehead atoms.